The highest BCUT2D eigenvalue weighted by Gasteiger charge is 2.18. The van der Waals surface area contributed by atoms with E-state index in [-0.39, 0.29) is 11.3 Å². The van der Waals surface area contributed by atoms with Crippen LogP contribution < -0.4 is 11.1 Å². The number of amides is 1. The molecule has 0 saturated heterocycles. The second-order valence-electron chi connectivity index (χ2n) is 5.26. The Morgan fingerprint density at radius 1 is 1.28 bits per heavy atom. The fourth-order valence-corrected chi connectivity index (χ4v) is 1.85. The van der Waals surface area contributed by atoms with Gasteiger partial charge >= 0.3 is 0 Å². The Hall–Kier alpha value is -1.06. The molecule has 100 valence electrons. The standard InChI is InChI=1S/C14H21ClN2O/c1-14(2,9-10-16)8-7-13(18)17-12-5-3-11(15)4-6-12/h3-6H,7-10,16H2,1-2H3,(H,17,18). The maximum atomic E-state index is 11.8. The van der Waals surface area contributed by atoms with Crippen molar-refractivity contribution in [3.8, 4) is 0 Å². The second kappa shape index (κ2) is 6.76. The van der Waals surface area contributed by atoms with Crippen LogP contribution in [0.3, 0.4) is 0 Å². The summed E-state index contributed by atoms with van der Waals surface area (Å²) in [7, 11) is 0. The van der Waals surface area contributed by atoms with Crippen LogP contribution in [0.15, 0.2) is 24.3 Å². The number of hydrogen-bond donors (Lipinski definition) is 2. The Labute approximate surface area is 114 Å². The number of nitrogens with two attached hydrogens (primary N) is 1. The number of benzene rings is 1. The summed E-state index contributed by atoms with van der Waals surface area (Å²) in [6, 6.07) is 7.11. The summed E-state index contributed by atoms with van der Waals surface area (Å²) in [6.07, 6.45) is 2.28. The van der Waals surface area contributed by atoms with E-state index >= 15 is 0 Å². The zero-order valence-corrected chi connectivity index (χ0v) is 11.8. The second-order valence-corrected chi connectivity index (χ2v) is 5.69. The Kier molecular flexibility index (Phi) is 5.63. The van der Waals surface area contributed by atoms with Crippen molar-refractivity contribution >= 4 is 23.2 Å². The minimum atomic E-state index is 0.0300. The SMILES string of the molecule is CC(C)(CCN)CCC(=O)Nc1ccc(Cl)cc1. The summed E-state index contributed by atoms with van der Waals surface area (Å²) < 4.78 is 0. The Morgan fingerprint density at radius 3 is 2.44 bits per heavy atom. The third-order valence-electron chi connectivity index (χ3n) is 2.98. The normalized spacial score (nSPS) is 11.3. The third kappa shape index (κ3) is 5.52. The van der Waals surface area contributed by atoms with Gasteiger partial charge in [-0.15, -0.1) is 0 Å². The largest absolute Gasteiger partial charge is 0.330 e. The van der Waals surface area contributed by atoms with Crippen molar-refractivity contribution in [3.63, 3.8) is 0 Å². The van der Waals surface area contributed by atoms with Gasteiger partial charge in [-0.1, -0.05) is 25.4 Å². The lowest BCUT2D eigenvalue weighted by Gasteiger charge is -2.23. The lowest BCUT2D eigenvalue weighted by Crippen LogP contribution is -2.20. The van der Waals surface area contributed by atoms with Gasteiger partial charge in [-0.05, 0) is 49.1 Å². The molecule has 0 heterocycles. The molecule has 3 nitrogen and oxygen atoms in total. The van der Waals surface area contributed by atoms with Gasteiger partial charge in [-0.2, -0.15) is 0 Å². The highest BCUT2D eigenvalue weighted by atomic mass is 35.5. The Morgan fingerprint density at radius 2 is 1.89 bits per heavy atom. The van der Waals surface area contributed by atoms with Gasteiger partial charge in [-0.3, -0.25) is 4.79 Å². The molecule has 0 fully saturated rings. The zero-order chi connectivity index (χ0) is 13.6. The maximum absolute atomic E-state index is 11.8. The number of halogens is 1. The first kappa shape index (κ1) is 15.0. The van der Waals surface area contributed by atoms with Crippen molar-refractivity contribution < 1.29 is 4.79 Å². The van der Waals surface area contributed by atoms with Crippen molar-refractivity contribution in [1.29, 1.82) is 0 Å². The van der Waals surface area contributed by atoms with E-state index in [1.54, 1.807) is 24.3 Å². The van der Waals surface area contributed by atoms with E-state index in [4.69, 9.17) is 17.3 Å². The number of carbonyl (C=O) groups excluding carboxylic acids is 1. The summed E-state index contributed by atoms with van der Waals surface area (Å²) in [5.41, 5.74) is 6.44. The van der Waals surface area contributed by atoms with Crippen LogP contribution in [-0.4, -0.2) is 12.5 Å². The average Bonchev–Trinajstić information content (AvgIpc) is 2.30. The predicted octanol–water partition coefficient (Wildman–Crippen LogP) is 3.43. The van der Waals surface area contributed by atoms with E-state index in [0.717, 1.165) is 18.5 Å². The summed E-state index contributed by atoms with van der Waals surface area (Å²) in [5.74, 6) is 0.0300. The molecule has 0 aromatic heterocycles. The monoisotopic (exact) mass is 268 g/mol. The van der Waals surface area contributed by atoms with E-state index in [1.807, 2.05) is 0 Å². The highest BCUT2D eigenvalue weighted by Crippen LogP contribution is 2.26. The Bertz CT molecular complexity index is 387. The molecule has 0 aliphatic carbocycles. The quantitative estimate of drug-likeness (QED) is 0.830. The van der Waals surface area contributed by atoms with Crippen molar-refractivity contribution in [2.24, 2.45) is 11.1 Å². The van der Waals surface area contributed by atoms with Crippen molar-refractivity contribution in [2.45, 2.75) is 33.1 Å². The molecule has 1 amide bonds. The van der Waals surface area contributed by atoms with Crippen LogP contribution in [-0.2, 0) is 4.79 Å². The van der Waals surface area contributed by atoms with E-state index in [9.17, 15) is 4.79 Å². The molecule has 1 rings (SSSR count). The minimum Gasteiger partial charge on any atom is -0.330 e. The first-order valence-corrected chi connectivity index (χ1v) is 6.56. The van der Waals surface area contributed by atoms with Crippen LogP contribution >= 0.6 is 11.6 Å². The average molecular weight is 269 g/mol. The van der Waals surface area contributed by atoms with Crippen LogP contribution in [0.1, 0.15) is 33.1 Å². The topological polar surface area (TPSA) is 55.1 Å². The van der Waals surface area contributed by atoms with E-state index in [2.05, 4.69) is 19.2 Å². The summed E-state index contributed by atoms with van der Waals surface area (Å²) in [6.45, 7) is 4.93. The number of carbonyl (C=O) groups is 1. The van der Waals surface area contributed by atoms with E-state index in [1.165, 1.54) is 0 Å². The molecule has 18 heavy (non-hydrogen) atoms. The number of anilines is 1. The van der Waals surface area contributed by atoms with E-state index < -0.39 is 0 Å². The molecule has 0 aliphatic heterocycles. The number of hydrogen-bond acceptors (Lipinski definition) is 2. The molecule has 3 N–H and O–H groups in total. The third-order valence-corrected chi connectivity index (χ3v) is 3.23. The first-order chi connectivity index (χ1) is 8.43. The molecule has 0 atom stereocenters. The number of rotatable bonds is 6. The van der Waals surface area contributed by atoms with Crippen molar-refractivity contribution in [1.82, 2.24) is 0 Å². The van der Waals surface area contributed by atoms with Crippen molar-refractivity contribution in [2.75, 3.05) is 11.9 Å². The van der Waals surface area contributed by atoms with Gasteiger partial charge in [0.15, 0.2) is 0 Å². The minimum absolute atomic E-state index is 0.0300. The van der Waals surface area contributed by atoms with Crippen LogP contribution in [0, 0.1) is 5.41 Å². The summed E-state index contributed by atoms with van der Waals surface area (Å²) in [5, 5.41) is 3.52. The van der Waals surface area contributed by atoms with Crippen LogP contribution in [0.5, 0.6) is 0 Å². The van der Waals surface area contributed by atoms with Gasteiger partial charge in [0, 0.05) is 17.1 Å². The molecular weight excluding hydrogens is 248 g/mol. The van der Waals surface area contributed by atoms with Gasteiger partial charge in [-0.25, -0.2) is 0 Å². The van der Waals surface area contributed by atoms with Gasteiger partial charge in [0.1, 0.15) is 0 Å². The fraction of sp³-hybridized carbons (Fsp3) is 0.500. The molecule has 0 radical (unpaired) electrons. The molecule has 0 bridgehead atoms. The highest BCUT2D eigenvalue weighted by molar-refractivity contribution is 6.30. The lowest BCUT2D eigenvalue weighted by atomic mass is 9.84. The van der Waals surface area contributed by atoms with Crippen LogP contribution in [0.25, 0.3) is 0 Å². The summed E-state index contributed by atoms with van der Waals surface area (Å²) in [4.78, 5) is 11.8. The maximum Gasteiger partial charge on any atom is 0.224 e. The molecule has 0 unspecified atom stereocenters. The fourth-order valence-electron chi connectivity index (χ4n) is 1.72. The lowest BCUT2D eigenvalue weighted by molar-refractivity contribution is -0.116. The molecule has 0 saturated carbocycles. The van der Waals surface area contributed by atoms with Crippen molar-refractivity contribution in [3.05, 3.63) is 29.3 Å². The molecule has 0 spiro atoms. The predicted molar refractivity (Wildman–Crippen MR) is 76.8 cm³/mol. The van der Waals surface area contributed by atoms with E-state index in [0.29, 0.717) is 18.0 Å². The van der Waals surface area contributed by atoms with Crippen LogP contribution in [0.2, 0.25) is 5.02 Å². The molecule has 1 aromatic carbocycles. The smallest absolute Gasteiger partial charge is 0.224 e. The van der Waals surface area contributed by atoms with Crippen LogP contribution in [0.4, 0.5) is 5.69 Å². The molecular formula is C14H21ClN2O. The van der Waals surface area contributed by atoms with Gasteiger partial charge in [0.2, 0.25) is 5.91 Å². The first-order valence-electron chi connectivity index (χ1n) is 6.18. The zero-order valence-electron chi connectivity index (χ0n) is 11.0. The molecule has 4 heteroatoms. The molecule has 0 aliphatic rings. The van der Waals surface area contributed by atoms with Gasteiger partial charge in [0.05, 0.1) is 0 Å². The van der Waals surface area contributed by atoms with Gasteiger partial charge < -0.3 is 11.1 Å². The number of nitrogens with one attached hydrogen (secondary N) is 1. The molecule has 1 aromatic rings. The Balaban J connectivity index is 2.40. The van der Waals surface area contributed by atoms with Gasteiger partial charge in [0.25, 0.3) is 0 Å². The summed E-state index contributed by atoms with van der Waals surface area (Å²) >= 11 is 5.78.